The molecular weight excluding hydrogens is 326 g/mol. The number of carbonyl (C=O) groups excluding carboxylic acids is 1. The Morgan fingerprint density at radius 1 is 1.40 bits per heavy atom. The monoisotopic (exact) mass is 350 g/mol. The van der Waals surface area contributed by atoms with E-state index in [0.29, 0.717) is 31.0 Å². The highest BCUT2D eigenvalue weighted by atomic mass is 19.2. The van der Waals surface area contributed by atoms with Crippen molar-refractivity contribution in [2.45, 2.75) is 31.0 Å². The minimum absolute atomic E-state index is 0.103. The number of hydrogen-bond acceptors (Lipinski definition) is 3. The molecule has 1 aromatic carbocycles. The van der Waals surface area contributed by atoms with E-state index in [1.165, 1.54) is 12.1 Å². The summed E-state index contributed by atoms with van der Waals surface area (Å²) in [7, 11) is 4.12. The molecule has 0 aliphatic carbocycles. The fourth-order valence-electron chi connectivity index (χ4n) is 5.01. The quantitative estimate of drug-likeness (QED) is 0.834. The number of carbonyl (C=O) groups is 1. The van der Waals surface area contributed by atoms with Gasteiger partial charge in [-0.1, -0.05) is 12.1 Å². The van der Waals surface area contributed by atoms with E-state index in [9.17, 15) is 13.6 Å². The fraction of sp³-hybridized carbons (Fsp3) is 0.632. The van der Waals surface area contributed by atoms with Gasteiger partial charge in [-0.2, -0.15) is 0 Å². The van der Waals surface area contributed by atoms with Crippen molar-refractivity contribution in [2.24, 2.45) is 11.8 Å². The van der Waals surface area contributed by atoms with Crippen molar-refractivity contribution in [2.75, 3.05) is 33.7 Å². The summed E-state index contributed by atoms with van der Waals surface area (Å²) >= 11 is 0. The van der Waals surface area contributed by atoms with Crippen molar-refractivity contribution < 1.29 is 18.3 Å². The first-order valence-corrected chi connectivity index (χ1v) is 8.93. The first-order valence-electron chi connectivity index (χ1n) is 8.93. The number of hydrogen-bond donors (Lipinski definition) is 0. The van der Waals surface area contributed by atoms with Crippen LogP contribution in [0.2, 0.25) is 0 Å². The summed E-state index contributed by atoms with van der Waals surface area (Å²) in [5, 5.41) is 0. The van der Waals surface area contributed by atoms with Crippen LogP contribution in [0.4, 0.5) is 8.78 Å². The van der Waals surface area contributed by atoms with Gasteiger partial charge in [-0.3, -0.25) is 4.79 Å². The van der Waals surface area contributed by atoms with Gasteiger partial charge in [-0.15, -0.1) is 0 Å². The lowest BCUT2D eigenvalue weighted by Gasteiger charge is -2.30. The lowest BCUT2D eigenvalue weighted by molar-refractivity contribution is -0.131. The SMILES string of the molecule is CN(C)C[C@H]1[C@H]2CN(C(=O)Cc3cccc(F)c3F)C[C@]23CC[C@H]1O3. The summed E-state index contributed by atoms with van der Waals surface area (Å²) in [6.07, 6.45) is 2.24. The third kappa shape index (κ3) is 2.75. The molecule has 0 saturated carbocycles. The maximum atomic E-state index is 13.9. The van der Waals surface area contributed by atoms with Crippen LogP contribution in [0, 0.1) is 23.5 Å². The van der Waals surface area contributed by atoms with E-state index in [1.807, 2.05) is 0 Å². The second-order valence-electron chi connectivity index (χ2n) is 7.96. The van der Waals surface area contributed by atoms with Crippen molar-refractivity contribution >= 4 is 5.91 Å². The van der Waals surface area contributed by atoms with Crippen LogP contribution < -0.4 is 0 Å². The Bertz CT molecular complexity index is 696. The van der Waals surface area contributed by atoms with E-state index in [1.54, 1.807) is 4.90 Å². The van der Waals surface area contributed by atoms with E-state index < -0.39 is 11.6 Å². The standard InChI is InChI=1S/C19H24F2N2O2/c1-22(2)9-13-14-10-23(11-19(14)7-6-16(13)25-19)17(24)8-12-4-3-5-15(20)18(12)21/h3-5,13-14,16H,6-11H2,1-2H3/t13-,14+,16+,19+/m0/s1. The van der Waals surface area contributed by atoms with Crippen molar-refractivity contribution in [3.8, 4) is 0 Å². The minimum Gasteiger partial charge on any atom is -0.369 e. The molecule has 0 unspecified atom stereocenters. The highest BCUT2D eigenvalue weighted by molar-refractivity contribution is 5.79. The van der Waals surface area contributed by atoms with Crippen LogP contribution in [0.25, 0.3) is 0 Å². The molecule has 4 nitrogen and oxygen atoms in total. The molecular formula is C19H24F2N2O2. The fourth-order valence-corrected chi connectivity index (χ4v) is 5.01. The smallest absolute Gasteiger partial charge is 0.227 e. The van der Waals surface area contributed by atoms with Crippen molar-refractivity contribution in [3.05, 3.63) is 35.4 Å². The number of ether oxygens (including phenoxy) is 1. The Kier molecular flexibility index (Phi) is 4.07. The molecule has 4 rings (SSSR count). The number of rotatable bonds is 4. The largest absolute Gasteiger partial charge is 0.369 e. The number of likely N-dealkylation sites (tertiary alicyclic amines) is 1. The first-order chi connectivity index (χ1) is 11.9. The molecule has 3 saturated heterocycles. The molecule has 4 atom stereocenters. The number of nitrogens with zero attached hydrogens (tertiary/aromatic N) is 2. The summed E-state index contributed by atoms with van der Waals surface area (Å²) in [5.41, 5.74) is -0.101. The van der Waals surface area contributed by atoms with Crippen LogP contribution in [0.5, 0.6) is 0 Å². The third-order valence-electron chi connectivity index (χ3n) is 6.09. The van der Waals surface area contributed by atoms with Crippen LogP contribution in [-0.2, 0) is 16.0 Å². The molecule has 1 spiro atoms. The van der Waals surface area contributed by atoms with Gasteiger partial charge in [0.15, 0.2) is 11.6 Å². The predicted octanol–water partition coefficient (Wildman–Crippen LogP) is 2.07. The van der Waals surface area contributed by atoms with Crippen LogP contribution in [0.1, 0.15) is 18.4 Å². The summed E-state index contributed by atoms with van der Waals surface area (Å²) < 4.78 is 33.5. The van der Waals surface area contributed by atoms with Gasteiger partial charge in [-0.05, 0) is 33.0 Å². The van der Waals surface area contributed by atoms with E-state index in [0.717, 1.165) is 25.5 Å². The summed E-state index contributed by atoms with van der Waals surface area (Å²) in [6, 6.07) is 3.99. The normalized spacial score (nSPS) is 33.3. The Morgan fingerprint density at radius 3 is 2.96 bits per heavy atom. The van der Waals surface area contributed by atoms with Gasteiger partial charge in [0.25, 0.3) is 0 Å². The Labute approximate surface area is 146 Å². The second-order valence-corrected chi connectivity index (χ2v) is 7.96. The summed E-state index contributed by atoms with van der Waals surface area (Å²) in [4.78, 5) is 16.6. The number of fused-ring (bicyclic) bond motifs is 1. The zero-order valence-corrected chi connectivity index (χ0v) is 14.7. The van der Waals surface area contributed by atoms with Crippen molar-refractivity contribution in [1.82, 2.24) is 9.80 Å². The van der Waals surface area contributed by atoms with Crippen LogP contribution in [0.15, 0.2) is 18.2 Å². The molecule has 3 aliphatic rings. The minimum atomic E-state index is -0.920. The van der Waals surface area contributed by atoms with Crippen LogP contribution in [-0.4, -0.2) is 61.1 Å². The summed E-state index contributed by atoms with van der Waals surface area (Å²) in [6.45, 7) is 2.19. The van der Waals surface area contributed by atoms with Crippen molar-refractivity contribution in [3.63, 3.8) is 0 Å². The topological polar surface area (TPSA) is 32.8 Å². The number of amides is 1. The average Bonchev–Trinajstić information content (AvgIpc) is 3.21. The number of benzene rings is 1. The highest BCUT2D eigenvalue weighted by Gasteiger charge is 2.63. The van der Waals surface area contributed by atoms with Gasteiger partial charge >= 0.3 is 0 Å². The number of halogens is 2. The van der Waals surface area contributed by atoms with Gasteiger partial charge in [-0.25, -0.2) is 8.78 Å². The molecule has 0 N–H and O–H groups in total. The highest BCUT2D eigenvalue weighted by Crippen LogP contribution is 2.54. The van der Waals surface area contributed by atoms with Crippen LogP contribution >= 0.6 is 0 Å². The molecule has 2 bridgehead atoms. The van der Waals surface area contributed by atoms with Gasteiger partial charge in [0, 0.05) is 30.5 Å². The molecule has 6 heteroatoms. The van der Waals surface area contributed by atoms with Gasteiger partial charge < -0.3 is 14.5 Å². The molecule has 0 aromatic heterocycles. The summed E-state index contributed by atoms with van der Waals surface area (Å²) in [5.74, 6) is -1.20. The molecule has 25 heavy (non-hydrogen) atoms. The Morgan fingerprint density at radius 2 is 2.20 bits per heavy atom. The third-order valence-corrected chi connectivity index (χ3v) is 6.09. The molecule has 1 aromatic rings. The maximum absolute atomic E-state index is 13.9. The lowest BCUT2D eigenvalue weighted by atomic mass is 9.73. The van der Waals surface area contributed by atoms with E-state index in [2.05, 4.69) is 19.0 Å². The van der Waals surface area contributed by atoms with E-state index >= 15 is 0 Å². The maximum Gasteiger partial charge on any atom is 0.227 e. The molecule has 3 aliphatic heterocycles. The molecule has 3 heterocycles. The first kappa shape index (κ1) is 16.9. The van der Waals surface area contributed by atoms with Gasteiger partial charge in [0.05, 0.1) is 24.7 Å². The van der Waals surface area contributed by atoms with Crippen LogP contribution in [0.3, 0.4) is 0 Å². The molecule has 0 radical (unpaired) electrons. The van der Waals surface area contributed by atoms with E-state index in [-0.39, 0.29) is 23.5 Å². The van der Waals surface area contributed by atoms with Crippen molar-refractivity contribution in [1.29, 1.82) is 0 Å². The molecule has 3 fully saturated rings. The predicted molar refractivity (Wildman–Crippen MR) is 89.0 cm³/mol. The molecule has 1 amide bonds. The Hall–Kier alpha value is -1.53. The zero-order valence-electron chi connectivity index (χ0n) is 14.7. The second kappa shape index (κ2) is 6.02. The molecule has 136 valence electrons. The van der Waals surface area contributed by atoms with Gasteiger partial charge in [0.2, 0.25) is 5.91 Å². The van der Waals surface area contributed by atoms with Gasteiger partial charge in [0.1, 0.15) is 0 Å². The Balaban J connectivity index is 1.48. The average molecular weight is 350 g/mol. The lowest BCUT2D eigenvalue weighted by Crippen LogP contribution is -2.40. The zero-order chi connectivity index (χ0) is 17.8. The van der Waals surface area contributed by atoms with E-state index in [4.69, 9.17) is 4.74 Å².